The summed E-state index contributed by atoms with van der Waals surface area (Å²) in [6.45, 7) is 3.48. The van der Waals surface area contributed by atoms with Gasteiger partial charge in [0.1, 0.15) is 24.2 Å². The van der Waals surface area contributed by atoms with E-state index in [0.29, 0.717) is 12.4 Å². The van der Waals surface area contributed by atoms with Gasteiger partial charge in [0.25, 0.3) is 10.0 Å². The lowest BCUT2D eigenvalue weighted by atomic mass is 10.1. The zero-order chi connectivity index (χ0) is 29.4. The SMILES string of the molecule is CCOc1ccc(N(CC(=O)N(Cc2ccccc2)[C@H](C)C(=O)NC2CCCC2)S(=O)(=O)c2ccc(F)cc2)cc1. The van der Waals surface area contributed by atoms with Crippen LogP contribution in [-0.2, 0) is 26.2 Å². The Morgan fingerprint density at radius 3 is 2.22 bits per heavy atom. The molecule has 0 bridgehead atoms. The van der Waals surface area contributed by atoms with Gasteiger partial charge in [0.15, 0.2) is 0 Å². The molecule has 10 heteroatoms. The molecule has 0 heterocycles. The fraction of sp³-hybridized carbons (Fsp3) is 0.355. The summed E-state index contributed by atoms with van der Waals surface area (Å²) in [7, 11) is -4.28. The van der Waals surface area contributed by atoms with Crippen molar-refractivity contribution in [3.05, 3.63) is 90.2 Å². The van der Waals surface area contributed by atoms with Crippen molar-refractivity contribution < 1.29 is 27.1 Å². The average molecular weight is 582 g/mol. The molecule has 8 nitrogen and oxygen atoms in total. The molecule has 2 amide bonds. The van der Waals surface area contributed by atoms with Crippen LogP contribution >= 0.6 is 0 Å². The van der Waals surface area contributed by atoms with Gasteiger partial charge in [-0.25, -0.2) is 12.8 Å². The number of amides is 2. The predicted octanol–water partition coefficient (Wildman–Crippen LogP) is 4.90. The molecule has 1 fully saturated rings. The van der Waals surface area contributed by atoms with Crippen LogP contribution in [-0.4, -0.2) is 50.4 Å². The highest BCUT2D eigenvalue weighted by Crippen LogP contribution is 2.27. The monoisotopic (exact) mass is 581 g/mol. The van der Waals surface area contributed by atoms with Gasteiger partial charge in [0.2, 0.25) is 11.8 Å². The van der Waals surface area contributed by atoms with E-state index in [0.717, 1.165) is 59.8 Å². The number of sulfonamides is 1. The number of anilines is 1. The topological polar surface area (TPSA) is 96.0 Å². The van der Waals surface area contributed by atoms with Crippen LogP contribution in [0.25, 0.3) is 0 Å². The average Bonchev–Trinajstić information content (AvgIpc) is 3.48. The lowest BCUT2D eigenvalue weighted by Gasteiger charge is -2.32. The zero-order valence-corrected chi connectivity index (χ0v) is 24.1. The highest BCUT2D eigenvalue weighted by atomic mass is 32.2. The van der Waals surface area contributed by atoms with Crippen LogP contribution in [0.4, 0.5) is 10.1 Å². The summed E-state index contributed by atoms with van der Waals surface area (Å²) in [6.07, 6.45) is 3.88. The maximum absolute atomic E-state index is 14.0. The first kappa shape index (κ1) is 30.0. The molecule has 1 saturated carbocycles. The van der Waals surface area contributed by atoms with Gasteiger partial charge in [-0.15, -0.1) is 0 Å². The molecule has 0 unspecified atom stereocenters. The van der Waals surface area contributed by atoms with Crippen LogP contribution in [0, 0.1) is 5.82 Å². The van der Waals surface area contributed by atoms with E-state index < -0.39 is 34.3 Å². The number of carbonyl (C=O) groups is 2. The summed E-state index contributed by atoms with van der Waals surface area (Å²) in [5, 5.41) is 3.05. The van der Waals surface area contributed by atoms with E-state index in [-0.39, 0.29) is 29.1 Å². The predicted molar refractivity (Wildman–Crippen MR) is 155 cm³/mol. The number of benzene rings is 3. The first-order valence-electron chi connectivity index (χ1n) is 13.8. The van der Waals surface area contributed by atoms with Crippen LogP contribution in [0.5, 0.6) is 5.75 Å². The van der Waals surface area contributed by atoms with Crippen LogP contribution in [0.3, 0.4) is 0 Å². The normalized spacial score (nSPS) is 14.3. The molecular weight excluding hydrogens is 545 g/mol. The van der Waals surface area contributed by atoms with Crippen molar-refractivity contribution in [3.8, 4) is 5.75 Å². The van der Waals surface area contributed by atoms with Crippen molar-refractivity contribution in [1.82, 2.24) is 10.2 Å². The van der Waals surface area contributed by atoms with E-state index in [1.807, 2.05) is 37.3 Å². The maximum atomic E-state index is 14.0. The van der Waals surface area contributed by atoms with E-state index in [9.17, 15) is 22.4 Å². The van der Waals surface area contributed by atoms with E-state index in [4.69, 9.17) is 4.74 Å². The first-order valence-corrected chi connectivity index (χ1v) is 15.3. The fourth-order valence-electron chi connectivity index (χ4n) is 4.89. The molecule has 3 aromatic rings. The third-order valence-corrected chi connectivity index (χ3v) is 8.97. The van der Waals surface area contributed by atoms with E-state index >= 15 is 0 Å². The summed E-state index contributed by atoms with van der Waals surface area (Å²) >= 11 is 0. The number of nitrogens with zero attached hydrogens (tertiary/aromatic N) is 2. The molecule has 1 N–H and O–H groups in total. The summed E-state index contributed by atoms with van der Waals surface area (Å²) in [4.78, 5) is 28.5. The number of carbonyl (C=O) groups excluding carboxylic acids is 2. The molecule has 218 valence electrons. The van der Waals surface area contributed by atoms with Gasteiger partial charge in [0, 0.05) is 12.6 Å². The Morgan fingerprint density at radius 1 is 0.976 bits per heavy atom. The molecule has 1 aliphatic carbocycles. The van der Waals surface area contributed by atoms with Gasteiger partial charge in [-0.2, -0.15) is 0 Å². The van der Waals surface area contributed by atoms with Crippen molar-refractivity contribution in [1.29, 1.82) is 0 Å². The molecule has 0 aromatic heterocycles. The fourth-order valence-corrected chi connectivity index (χ4v) is 6.31. The highest BCUT2D eigenvalue weighted by molar-refractivity contribution is 7.92. The quantitative estimate of drug-likeness (QED) is 0.329. The van der Waals surface area contributed by atoms with Crippen molar-refractivity contribution >= 4 is 27.5 Å². The number of nitrogens with one attached hydrogen (secondary N) is 1. The van der Waals surface area contributed by atoms with Crippen molar-refractivity contribution in [3.63, 3.8) is 0 Å². The summed E-state index contributed by atoms with van der Waals surface area (Å²) < 4.78 is 47.8. The minimum absolute atomic E-state index is 0.0674. The van der Waals surface area contributed by atoms with Crippen LogP contribution in [0.2, 0.25) is 0 Å². The van der Waals surface area contributed by atoms with E-state index in [1.165, 1.54) is 4.90 Å². The maximum Gasteiger partial charge on any atom is 0.264 e. The molecule has 41 heavy (non-hydrogen) atoms. The molecule has 0 aliphatic heterocycles. The molecular formula is C31H36FN3O5S. The van der Waals surface area contributed by atoms with Crippen molar-refractivity contribution in [2.75, 3.05) is 17.5 Å². The summed E-state index contributed by atoms with van der Waals surface area (Å²) in [5.41, 5.74) is 1.03. The second-order valence-corrected chi connectivity index (χ2v) is 11.9. The number of rotatable bonds is 12. The highest BCUT2D eigenvalue weighted by Gasteiger charge is 2.33. The Morgan fingerprint density at radius 2 is 1.61 bits per heavy atom. The van der Waals surface area contributed by atoms with Gasteiger partial charge >= 0.3 is 0 Å². The largest absolute Gasteiger partial charge is 0.494 e. The molecule has 0 spiro atoms. The molecule has 0 radical (unpaired) electrons. The lowest BCUT2D eigenvalue weighted by Crippen LogP contribution is -2.52. The van der Waals surface area contributed by atoms with Crippen LogP contribution in [0.1, 0.15) is 45.1 Å². The Balaban J connectivity index is 1.67. The third kappa shape index (κ3) is 7.64. The second-order valence-electron chi connectivity index (χ2n) is 10.1. The smallest absolute Gasteiger partial charge is 0.264 e. The Hall–Kier alpha value is -3.92. The molecule has 1 aliphatic rings. The van der Waals surface area contributed by atoms with Gasteiger partial charge < -0.3 is 15.0 Å². The third-order valence-electron chi connectivity index (χ3n) is 7.18. The van der Waals surface area contributed by atoms with E-state index in [2.05, 4.69) is 5.32 Å². The Kier molecular flexibility index (Phi) is 9.99. The molecule has 1 atom stereocenters. The Labute approximate surface area is 241 Å². The van der Waals surface area contributed by atoms with Gasteiger partial charge in [-0.05, 0) is 80.8 Å². The Bertz CT molecular complexity index is 1410. The van der Waals surface area contributed by atoms with Gasteiger partial charge in [-0.1, -0.05) is 43.2 Å². The summed E-state index contributed by atoms with van der Waals surface area (Å²) in [5.74, 6) is -0.869. The summed E-state index contributed by atoms with van der Waals surface area (Å²) in [6, 6.07) is 19.2. The zero-order valence-electron chi connectivity index (χ0n) is 23.3. The standard InChI is InChI=1S/C31H36FN3O5S/c1-3-40-28-17-15-27(16-18-28)35(41(38,39)29-19-13-25(32)14-20-29)22-30(36)34(21-24-9-5-4-6-10-24)23(2)31(37)33-26-11-7-8-12-26/h4-6,9-10,13-20,23,26H,3,7-8,11-12,21-22H2,1-2H3,(H,33,37)/t23-/m1/s1. The number of halogens is 1. The molecule has 0 saturated heterocycles. The minimum atomic E-state index is -4.28. The van der Waals surface area contributed by atoms with E-state index in [1.54, 1.807) is 31.2 Å². The second kappa shape index (κ2) is 13.6. The minimum Gasteiger partial charge on any atom is -0.494 e. The molecule has 3 aromatic carbocycles. The van der Waals surface area contributed by atoms with Crippen LogP contribution < -0.4 is 14.4 Å². The molecule has 4 rings (SSSR count). The number of hydrogen-bond acceptors (Lipinski definition) is 5. The van der Waals surface area contributed by atoms with Crippen LogP contribution in [0.15, 0.2) is 83.8 Å². The van der Waals surface area contributed by atoms with Gasteiger partial charge in [-0.3, -0.25) is 13.9 Å². The van der Waals surface area contributed by atoms with Gasteiger partial charge in [0.05, 0.1) is 17.2 Å². The number of ether oxygens (including phenoxy) is 1. The lowest BCUT2D eigenvalue weighted by molar-refractivity contribution is -0.139. The number of hydrogen-bond donors (Lipinski definition) is 1. The van der Waals surface area contributed by atoms with Crippen molar-refractivity contribution in [2.45, 2.75) is 63.1 Å². The first-order chi connectivity index (χ1) is 19.7. The van der Waals surface area contributed by atoms with Crippen molar-refractivity contribution in [2.24, 2.45) is 0 Å².